The standard InChI is InChI=1S/C16H19ClN4O/c1-9(2)20-16(22)13-7-19-14(8-18-13)21-15-11(4)5-10(3)6-12(15)17/h5-9H,1-4H3,(H,19,21)(H,20,22). The monoisotopic (exact) mass is 318 g/mol. The molecule has 0 saturated heterocycles. The van der Waals surface area contributed by atoms with Gasteiger partial charge in [-0.05, 0) is 44.9 Å². The fraction of sp³-hybridized carbons (Fsp3) is 0.312. The van der Waals surface area contributed by atoms with Crippen LogP contribution in [-0.4, -0.2) is 21.9 Å². The van der Waals surface area contributed by atoms with Crippen LogP contribution in [0.2, 0.25) is 5.02 Å². The third-order valence-electron chi connectivity index (χ3n) is 2.99. The van der Waals surface area contributed by atoms with Crippen molar-refractivity contribution in [2.24, 2.45) is 0 Å². The molecule has 0 atom stereocenters. The van der Waals surface area contributed by atoms with E-state index in [1.807, 2.05) is 39.8 Å². The third kappa shape index (κ3) is 3.95. The summed E-state index contributed by atoms with van der Waals surface area (Å²) >= 11 is 6.25. The molecule has 0 radical (unpaired) electrons. The lowest BCUT2D eigenvalue weighted by atomic mass is 10.1. The molecule has 22 heavy (non-hydrogen) atoms. The minimum atomic E-state index is -0.237. The number of nitrogens with zero attached hydrogens (tertiary/aromatic N) is 2. The number of carbonyl (C=O) groups excluding carboxylic acids is 1. The van der Waals surface area contributed by atoms with E-state index in [1.54, 1.807) is 0 Å². The van der Waals surface area contributed by atoms with Crippen LogP contribution in [0.15, 0.2) is 24.5 Å². The molecule has 1 aromatic carbocycles. The largest absolute Gasteiger partial charge is 0.348 e. The molecule has 0 fully saturated rings. The van der Waals surface area contributed by atoms with Crippen molar-refractivity contribution in [2.45, 2.75) is 33.7 Å². The lowest BCUT2D eigenvalue weighted by molar-refractivity contribution is 0.0937. The molecule has 2 aromatic rings. The van der Waals surface area contributed by atoms with Crippen molar-refractivity contribution in [3.8, 4) is 0 Å². The van der Waals surface area contributed by atoms with E-state index in [-0.39, 0.29) is 17.6 Å². The number of rotatable bonds is 4. The topological polar surface area (TPSA) is 66.9 Å². The zero-order valence-electron chi connectivity index (χ0n) is 13.1. The summed E-state index contributed by atoms with van der Waals surface area (Å²) in [6, 6.07) is 3.97. The first-order valence-electron chi connectivity index (χ1n) is 7.03. The van der Waals surface area contributed by atoms with Crippen LogP contribution in [-0.2, 0) is 0 Å². The van der Waals surface area contributed by atoms with Crippen molar-refractivity contribution in [2.75, 3.05) is 5.32 Å². The van der Waals surface area contributed by atoms with Crippen LogP contribution >= 0.6 is 11.6 Å². The summed E-state index contributed by atoms with van der Waals surface area (Å²) < 4.78 is 0. The average molecular weight is 319 g/mol. The Morgan fingerprint density at radius 2 is 1.91 bits per heavy atom. The predicted molar refractivity (Wildman–Crippen MR) is 88.8 cm³/mol. The highest BCUT2D eigenvalue weighted by molar-refractivity contribution is 6.33. The van der Waals surface area contributed by atoms with E-state index in [1.165, 1.54) is 12.4 Å². The van der Waals surface area contributed by atoms with E-state index in [0.29, 0.717) is 10.8 Å². The highest BCUT2D eigenvalue weighted by Gasteiger charge is 2.10. The van der Waals surface area contributed by atoms with Gasteiger partial charge in [-0.25, -0.2) is 9.97 Å². The highest BCUT2D eigenvalue weighted by Crippen LogP contribution is 2.29. The normalized spacial score (nSPS) is 10.6. The van der Waals surface area contributed by atoms with Gasteiger partial charge in [-0.15, -0.1) is 0 Å². The molecule has 0 spiro atoms. The van der Waals surface area contributed by atoms with Gasteiger partial charge in [0.1, 0.15) is 11.5 Å². The number of hydrogen-bond donors (Lipinski definition) is 2. The van der Waals surface area contributed by atoms with Crippen LogP contribution in [0.4, 0.5) is 11.5 Å². The first kappa shape index (κ1) is 16.2. The average Bonchev–Trinajstić information content (AvgIpc) is 2.42. The summed E-state index contributed by atoms with van der Waals surface area (Å²) in [5.41, 5.74) is 3.19. The van der Waals surface area contributed by atoms with E-state index in [0.717, 1.165) is 16.8 Å². The Labute approximate surface area is 135 Å². The molecule has 1 heterocycles. The molecular formula is C16H19ClN4O. The van der Waals surface area contributed by atoms with Gasteiger partial charge < -0.3 is 10.6 Å². The first-order valence-corrected chi connectivity index (χ1v) is 7.41. The van der Waals surface area contributed by atoms with Crippen molar-refractivity contribution in [3.05, 3.63) is 46.4 Å². The van der Waals surface area contributed by atoms with Gasteiger partial charge in [0.05, 0.1) is 23.1 Å². The lowest BCUT2D eigenvalue weighted by Gasteiger charge is -2.12. The molecule has 0 unspecified atom stereocenters. The van der Waals surface area contributed by atoms with E-state index in [2.05, 4.69) is 20.6 Å². The third-order valence-corrected chi connectivity index (χ3v) is 3.29. The molecule has 2 N–H and O–H groups in total. The van der Waals surface area contributed by atoms with Crippen LogP contribution in [0, 0.1) is 13.8 Å². The van der Waals surface area contributed by atoms with Gasteiger partial charge >= 0.3 is 0 Å². The second-order valence-electron chi connectivity index (χ2n) is 5.48. The van der Waals surface area contributed by atoms with Gasteiger partial charge in [0.25, 0.3) is 5.91 Å². The molecule has 1 amide bonds. The molecule has 5 nitrogen and oxygen atoms in total. The Balaban J connectivity index is 2.17. The molecule has 1 aromatic heterocycles. The second-order valence-corrected chi connectivity index (χ2v) is 5.89. The fourth-order valence-corrected chi connectivity index (χ4v) is 2.42. The minimum absolute atomic E-state index is 0.0566. The zero-order chi connectivity index (χ0) is 16.3. The van der Waals surface area contributed by atoms with Crippen molar-refractivity contribution in [1.29, 1.82) is 0 Å². The number of amides is 1. The SMILES string of the molecule is Cc1cc(C)c(Nc2cnc(C(=O)NC(C)C)cn2)c(Cl)c1. The minimum Gasteiger partial charge on any atom is -0.348 e. The molecule has 0 aliphatic carbocycles. The Hall–Kier alpha value is -2.14. The van der Waals surface area contributed by atoms with Crippen LogP contribution in [0.25, 0.3) is 0 Å². The summed E-state index contributed by atoms with van der Waals surface area (Å²) in [6.07, 6.45) is 2.96. The van der Waals surface area contributed by atoms with Crippen molar-refractivity contribution >= 4 is 29.0 Å². The number of aromatic nitrogens is 2. The number of nitrogens with one attached hydrogen (secondary N) is 2. The molecule has 2 rings (SSSR count). The maximum absolute atomic E-state index is 11.8. The number of halogens is 1. The number of carbonyl (C=O) groups is 1. The molecule has 6 heteroatoms. The van der Waals surface area contributed by atoms with Crippen LogP contribution < -0.4 is 10.6 Å². The molecule has 0 aliphatic heterocycles. The molecular weight excluding hydrogens is 300 g/mol. The van der Waals surface area contributed by atoms with Crippen LogP contribution in [0.3, 0.4) is 0 Å². The Kier molecular flexibility index (Phi) is 4.98. The molecule has 116 valence electrons. The summed E-state index contributed by atoms with van der Waals surface area (Å²) in [6.45, 7) is 7.75. The summed E-state index contributed by atoms with van der Waals surface area (Å²) in [7, 11) is 0. The zero-order valence-corrected chi connectivity index (χ0v) is 13.8. The Morgan fingerprint density at radius 3 is 2.45 bits per heavy atom. The fourth-order valence-electron chi connectivity index (χ4n) is 2.05. The van der Waals surface area contributed by atoms with E-state index in [9.17, 15) is 4.79 Å². The number of aryl methyl sites for hydroxylation is 2. The number of hydrogen-bond acceptors (Lipinski definition) is 4. The van der Waals surface area contributed by atoms with Gasteiger partial charge in [-0.2, -0.15) is 0 Å². The van der Waals surface area contributed by atoms with Gasteiger partial charge in [-0.1, -0.05) is 17.7 Å². The Bertz CT molecular complexity index is 660. The Morgan fingerprint density at radius 1 is 1.18 bits per heavy atom. The van der Waals surface area contributed by atoms with Crippen LogP contribution in [0.1, 0.15) is 35.5 Å². The lowest BCUT2D eigenvalue weighted by Crippen LogP contribution is -2.30. The van der Waals surface area contributed by atoms with E-state index >= 15 is 0 Å². The quantitative estimate of drug-likeness (QED) is 0.903. The van der Waals surface area contributed by atoms with Crippen molar-refractivity contribution < 1.29 is 4.79 Å². The summed E-state index contributed by atoms with van der Waals surface area (Å²) in [4.78, 5) is 20.2. The molecule has 0 saturated carbocycles. The molecule has 0 bridgehead atoms. The smallest absolute Gasteiger partial charge is 0.271 e. The number of benzene rings is 1. The van der Waals surface area contributed by atoms with Gasteiger partial charge in [0.2, 0.25) is 0 Å². The van der Waals surface area contributed by atoms with E-state index in [4.69, 9.17) is 11.6 Å². The maximum atomic E-state index is 11.8. The summed E-state index contributed by atoms with van der Waals surface area (Å²) in [5, 5.41) is 6.53. The van der Waals surface area contributed by atoms with Crippen molar-refractivity contribution in [1.82, 2.24) is 15.3 Å². The van der Waals surface area contributed by atoms with Gasteiger partial charge in [-0.3, -0.25) is 4.79 Å². The number of anilines is 2. The maximum Gasteiger partial charge on any atom is 0.271 e. The van der Waals surface area contributed by atoms with Gasteiger partial charge in [0, 0.05) is 6.04 Å². The molecule has 0 aliphatic rings. The first-order chi connectivity index (χ1) is 10.4. The second kappa shape index (κ2) is 6.75. The van der Waals surface area contributed by atoms with E-state index < -0.39 is 0 Å². The van der Waals surface area contributed by atoms with Gasteiger partial charge in [0.15, 0.2) is 0 Å². The van der Waals surface area contributed by atoms with Crippen LogP contribution in [0.5, 0.6) is 0 Å². The summed E-state index contributed by atoms with van der Waals surface area (Å²) in [5.74, 6) is 0.300. The predicted octanol–water partition coefficient (Wildman–Crippen LogP) is 3.63. The van der Waals surface area contributed by atoms with Crippen molar-refractivity contribution in [3.63, 3.8) is 0 Å². The highest BCUT2D eigenvalue weighted by atomic mass is 35.5.